The third-order valence-corrected chi connectivity index (χ3v) is 10.9. The van der Waals surface area contributed by atoms with Gasteiger partial charge in [-0.25, -0.2) is 0 Å². The van der Waals surface area contributed by atoms with Crippen LogP contribution in [0.15, 0.2) is 200 Å². The van der Waals surface area contributed by atoms with E-state index in [4.69, 9.17) is 0 Å². The number of aromatic nitrogens is 1. The van der Waals surface area contributed by atoms with Crippen LogP contribution in [0.2, 0.25) is 0 Å². The van der Waals surface area contributed by atoms with Gasteiger partial charge in [-0.3, -0.25) is 0 Å². The van der Waals surface area contributed by atoms with Crippen LogP contribution in [0.4, 0.5) is 17.1 Å². The summed E-state index contributed by atoms with van der Waals surface area (Å²) in [5.74, 6) is 0. The predicted octanol–water partition coefficient (Wildman–Crippen LogP) is 12.5. The van der Waals surface area contributed by atoms with E-state index in [0.29, 0.717) is 5.56 Å². The SMILES string of the molecule is N#Cc1ccc(N(c2ccc3c(c2)C(c2ccccc2)(c2ccccc2)c2ccccc2-3)c2ccc3c4ccccc4n(-c4ccccc4)c3c2)cc1. The molecule has 1 heterocycles. The summed E-state index contributed by atoms with van der Waals surface area (Å²) in [5.41, 5.74) is 14.0. The number of hydrogen-bond acceptors (Lipinski definition) is 2. The fourth-order valence-electron chi connectivity index (χ4n) is 8.66. The van der Waals surface area contributed by atoms with Crippen molar-refractivity contribution in [2.75, 3.05) is 4.90 Å². The molecular formula is C50H33N3. The molecule has 0 bridgehead atoms. The summed E-state index contributed by atoms with van der Waals surface area (Å²) in [6.07, 6.45) is 0. The maximum absolute atomic E-state index is 9.73. The molecular weight excluding hydrogens is 643 g/mol. The van der Waals surface area contributed by atoms with Crippen molar-refractivity contribution in [3.8, 4) is 22.9 Å². The minimum Gasteiger partial charge on any atom is -0.310 e. The molecule has 0 spiro atoms. The molecule has 248 valence electrons. The monoisotopic (exact) mass is 675 g/mol. The first-order valence-electron chi connectivity index (χ1n) is 18.0. The van der Waals surface area contributed by atoms with Gasteiger partial charge in [-0.2, -0.15) is 5.26 Å². The number of nitriles is 1. The van der Waals surface area contributed by atoms with Crippen LogP contribution in [0.3, 0.4) is 0 Å². The lowest BCUT2D eigenvalue weighted by Gasteiger charge is -2.35. The lowest BCUT2D eigenvalue weighted by molar-refractivity contribution is 0.768. The van der Waals surface area contributed by atoms with Crippen molar-refractivity contribution in [3.05, 3.63) is 228 Å². The fourth-order valence-corrected chi connectivity index (χ4v) is 8.66. The molecule has 1 aromatic heterocycles. The molecule has 0 fully saturated rings. The molecule has 10 rings (SSSR count). The number of para-hydroxylation sites is 2. The molecule has 0 unspecified atom stereocenters. The van der Waals surface area contributed by atoms with E-state index in [1.54, 1.807) is 0 Å². The summed E-state index contributed by atoms with van der Waals surface area (Å²) in [4.78, 5) is 2.33. The second-order valence-corrected chi connectivity index (χ2v) is 13.6. The van der Waals surface area contributed by atoms with Crippen LogP contribution >= 0.6 is 0 Å². The summed E-state index contributed by atoms with van der Waals surface area (Å²) in [7, 11) is 0. The molecule has 0 saturated heterocycles. The molecule has 3 heteroatoms. The normalized spacial score (nSPS) is 12.7. The van der Waals surface area contributed by atoms with Gasteiger partial charge in [-0.1, -0.05) is 133 Å². The molecule has 0 aliphatic heterocycles. The maximum atomic E-state index is 9.73. The number of benzene rings is 8. The highest BCUT2D eigenvalue weighted by Crippen LogP contribution is 2.57. The topological polar surface area (TPSA) is 32.0 Å². The first kappa shape index (κ1) is 30.7. The Bertz CT molecular complexity index is 2790. The smallest absolute Gasteiger partial charge is 0.0991 e. The zero-order valence-electron chi connectivity index (χ0n) is 28.9. The van der Waals surface area contributed by atoms with Crippen molar-refractivity contribution in [3.63, 3.8) is 0 Å². The second kappa shape index (κ2) is 12.3. The Morgan fingerprint density at radius 2 is 0.981 bits per heavy atom. The van der Waals surface area contributed by atoms with E-state index in [1.165, 1.54) is 49.7 Å². The Morgan fingerprint density at radius 3 is 1.70 bits per heavy atom. The van der Waals surface area contributed by atoms with E-state index in [2.05, 4.69) is 204 Å². The number of fused-ring (bicyclic) bond motifs is 6. The zero-order valence-corrected chi connectivity index (χ0v) is 28.9. The van der Waals surface area contributed by atoms with E-state index < -0.39 is 5.41 Å². The highest BCUT2D eigenvalue weighted by molar-refractivity contribution is 6.10. The van der Waals surface area contributed by atoms with Gasteiger partial charge in [0, 0.05) is 33.5 Å². The number of nitrogens with zero attached hydrogens (tertiary/aromatic N) is 3. The van der Waals surface area contributed by atoms with E-state index in [1.807, 2.05) is 12.1 Å². The number of rotatable bonds is 6. The standard InChI is InChI=1S/C50H33N3/c51-34-35-24-26-39(27-25-35)52(41-29-31-45-44-21-11-13-23-48(44)53(49(45)33-41)38-18-8-3-9-19-38)40-28-30-43-42-20-10-12-22-46(42)50(47(43)32-40,36-14-4-1-5-15-36)37-16-6-2-7-17-37/h1-33H. The summed E-state index contributed by atoms with van der Waals surface area (Å²) in [6, 6.07) is 73.9. The van der Waals surface area contributed by atoms with Crippen molar-refractivity contribution in [2.24, 2.45) is 0 Å². The van der Waals surface area contributed by atoms with Crippen LogP contribution < -0.4 is 4.90 Å². The minimum atomic E-state index is -0.523. The molecule has 0 atom stereocenters. The summed E-state index contributed by atoms with van der Waals surface area (Å²) >= 11 is 0. The molecule has 3 nitrogen and oxygen atoms in total. The largest absolute Gasteiger partial charge is 0.310 e. The molecule has 1 aliphatic carbocycles. The van der Waals surface area contributed by atoms with Gasteiger partial charge in [0.2, 0.25) is 0 Å². The average molecular weight is 676 g/mol. The first-order chi connectivity index (χ1) is 26.3. The molecule has 0 amide bonds. The van der Waals surface area contributed by atoms with Crippen LogP contribution in [0.1, 0.15) is 27.8 Å². The van der Waals surface area contributed by atoms with Crippen LogP contribution in [-0.4, -0.2) is 4.57 Å². The Balaban J connectivity index is 1.26. The maximum Gasteiger partial charge on any atom is 0.0991 e. The van der Waals surface area contributed by atoms with E-state index >= 15 is 0 Å². The van der Waals surface area contributed by atoms with Crippen LogP contribution in [-0.2, 0) is 5.41 Å². The molecule has 9 aromatic rings. The van der Waals surface area contributed by atoms with Gasteiger partial charge in [0.15, 0.2) is 0 Å². The van der Waals surface area contributed by atoms with Gasteiger partial charge in [-0.05, 0) is 100 Å². The highest BCUT2D eigenvalue weighted by Gasteiger charge is 2.46. The molecule has 0 saturated carbocycles. The van der Waals surface area contributed by atoms with E-state index in [-0.39, 0.29) is 0 Å². The fraction of sp³-hybridized carbons (Fsp3) is 0.0200. The molecule has 0 radical (unpaired) electrons. The predicted molar refractivity (Wildman–Crippen MR) is 217 cm³/mol. The molecule has 1 aliphatic rings. The Hall–Kier alpha value is -7.15. The van der Waals surface area contributed by atoms with Crippen molar-refractivity contribution >= 4 is 38.9 Å². The Kier molecular flexibility index (Phi) is 7.09. The molecule has 8 aromatic carbocycles. The third-order valence-electron chi connectivity index (χ3n) is 10.9. The molecule has 0 N–H and O–H groups in total. The van der Waals surface area contributed by atoms with Gasteiger partial charge in [0.1, 0.15) is 0 Å². The van der Waals surface area contributed by atoms with Crippen molar-refractivity contribution in [1.82, 2.24) is 4.57 Å². The summed E-state index contributed by atoms with van der Waals surface area (Å²) < 4.78 is 2.36. The van der Waals surface area contributed by atoms with Crippen molar-refractivity contribution in [2.45, 2.75) is 5.41 Å². The lowest BCUT2D eigenvalue weighted by atomic mass is 9.67. The van der Waals surface area contributed by atoms with Crippen LogP contribution in [0, 0.1) is 11.3 Å². The van der Waals surface area contributed by atoms with Gasteiger partial charge in [0.25, 0.3) is 0 Å². The minimum absolute atomic E-state index is 0.523. The summed E-state index contributed by atoms with van der Waals surface area (Å²) in [6.45, 7) is 0. The lowest BCUT2D eigenvalue weighted by Crippen LogP contribution is -2.28. The van der Waals surface area contributed by atoms with E-state index in [9.17, 15) is 5.26 Å². The third kappa shape index (κ3) is 4.67. The number of anilines is 3. The molecule has 53 heavy (non-hydrogen) atoms. The highest BCUT2D eigenvalue weighted by atomic mass is 15.1. The Morgan fingerprint density at radius 1 is 0.434 bits per heavy atom. The first-order valence-corrected chi connectivity index (χ1v) is 18.0. The van der Waals surface area contributed by atoms with Gasteiger partial charge >= 0.3 is 0 Å². The van der Waals surface area contributed by atoms with Crippen LogP contribution in [0.5, 0.6) is 0 Å². The second-order valence-electron chi connectivity index (χ2n) is 13.6. The quantitative estimate of drug-likeness (QED) is 0.176. The van der Waals surface area contributed by atoms with Crippen molar-refractivity contribution in [1.29, 1.82) is 5.26 Å². The zero-order chi connectivity index (χ0) is 35.4. The van der Waals surface area contributed by atoms with E-state index in [0.717, 1.165) is 28.3 Å². The summed E-state index contributed by atoms with van der Waals surface area (Å²) in [5, 5.41) is 12.1. The van der Waals surface area contributed by atoms with Crippen molar-refractivity contribution < 1.29 is 0 Å². The number of hydrogen-bond donors (Lipinski definition) is 0. The Labute approximate surface area is 308 Å². The van der Waals surface area contributed by atoms with Gasteiger partial charge < -0.3 is 9.47 Å². The van der Waals surface area contributed by atoms with Crippen LogP contribution in [0.25, 0.3) is 38.6 Å². The average Bonchev–Trinajstić information content (AvgIpc) is 3.72. The van der Waals surface area contributed by atoms with Gasteiger partial charge in [-0.15, -0.1) is 0 Å². The van der Waals surface area contributed by atoms with Gasteiger partial charge in [0.05, 0.1) is 28.1 Å².